The summed E-state index contributed by atoms with van der Waals surface area (Å²) in [6.07, 6.45) is 0.587. The summed E-state index contributed by atoms with van der Waals surface area (Å²) in [6.45, 7) is 6.00. The van der Waals surface area contributed by atoms with Gasteiger partial charge in [0.15, 0.2) is 0 Å². The Balaban J connectivity index is 2.30. The van der Waals surface area contributed by atoms with Crippen molar-refractivity contribution in [2.45, 2.75) is 58.2 Å². The molecule has 3 amide bonds. The molecule has 1 saturated carbocycles. The number of amides is 3. The van der Waals surface area contributed by atoms with Crippen LogP contribution < -0.4 is 10.6 Å². The zero-order valence-electron chi connectivity index (χ0n) is 19.1. The maximum Gasteiger partial charge on any atom is 0.408 e. The van der Waals surface area contributed by atoms with Gasteiger partial charge in [-0.15, -0.1) is 0 Å². The molecule has 1 aliphatic rings. The summed E-state index contributed by atoms with van der Waals surface area (Å²) >= 11 is 0. The topological polar surface area (TPSA) is 134 Å². The summed E-state index contributed by atoms with van der Waals surface area (Å²) in [5.74, 6) is -1.93. The van der Waals surface area contributed by atoms with E-state index in [0.717, 1.165) is 0 Å². The second kappa shape index (κ2) is 10.3. The maximum atomic E-state index is 13.1. The molecule has 10 nitrogen and oxygen atoms in total. The van der Waals surface area contributed by atoms with E-state index < -0.39 is 42.1 Å². The maximum absolute atomic E-state index is 13.1. The lowest BCUT2D eigenvalue weighted by atomic mass is 9.99. The Bertz CT molecular complexity index is 875. The van der Waals surface area contributed by atoms with Gasteiger partial charge in [0, 0.05) is 11.6 Å². The first kappa shape index (κ1) is 25.0. The van der Waals surface area contributed by atoms with Crippen LogP contribution in [0.5, 0.6) is 5.75 Å². The van der Waals surface area contributed by atoms with Crippen LogP contribution in [0.4, 0.5) is 4.79 Å². The number of hydrogen-bond acceptors (Lipinski definition) is 7. The third-order valence-corrected chi connectivity index (χ3v) is 4.74. The number of esters is 1. The predicted octanol–water partition coefficient (Wildman–Crippen LogP) is 1.55. The van der Waals surface area contributed by atoms with Gasteiger partial charge in [-0.05, 0) is 46.1 Å². The van der Waals surface area contributed by atoms with Crippen LogP contribution in [0, 0.1) is 6.92 Å². The summed E-state index contributed by atoms with van der Waals surface area (Å²) in [7, 11) is 1.20. The highest BCUT2D eigenvalue weighted by Crippen LogP contribution is 2.38. The van der Waals surface area contributed by atoms with Crippen molar-refractivity contribution in [2.24, 2.45) is 0 Å². The molecule has 0 heterocycles. The number of carbonyl (C=O) groups is 4. The van der Waals surface area contributed by atoms with E-state index in [1.807, 2.05) is 0 Å². The highest BCUT2D eigenvalue weighted by Gasteiger charge is 2.42. The molecular weight excluding hydrogens is 418 g/mol. The highest BCUT2D eigenvalue weighted by molar-refractivity contribution is 5.92. The molecule has 0 radical (unpaired) electrons. The number of aryl methyl sites for hydroxylation is 1. The summed E-state index contributed by atoms with van der Waals surface area (Å²) in [6, 6.07) is 3.46. The Morgan fingerprint density at radius 3 is 2.38 bits per heavy atom. The fourth-order valence-electron chi connectivity index (χ4n) is 3.11. The second-order valence-electron chi connectivity index (χ2n) is 8.60. The Morgan fingerprint density at radius 1 is 1.16 bits per heavy atom. The number of phenolic OH excluding ortho intramolecular Hbond substituents is 1. The summed E-state index contributed by atoms with van der Waals surface area (Å²) in [5.41, 5.74) is 0.0284. The van der Waals surface area contributed by atoms with Crippen LogP contribution in [0.15, 0.2) is 18.2 Å². The molecule has 1 aromatic carbocycles. The lowest BCUT2D eigenvalue weighted by Gasteiger charge is -2.32. The average molecular weight is 450 g/mol. The van der Waals surface area contributed by atoms with Gasteiger partial charge in [0.25, 0.3) is 0 Å². The molecule has 1 fully saturated rings. The number of carbonyl (C=O) groups excluding carboxylic acids is 4. The van der Waals surface area contributed by atoms with Gasteiger partial charge in [0.05, 0.1) is 7.11 Å². The Labute approximate surface area is 187 Å². The summed E-state index contributed by atoms with van der Waals surface area (Å²) in [4.78, 5) is 51.0. The lowest BCUT2D eigenvalue weighted by Crippen LogP contribution is -2.49. The zero-order chi connectivity index (χ0) is 24.1. The van der Waals surface area contributed by atoms with Crippen molar-refractivity contribution < 1.29 is 33.8 Å². The van der Waals surface area contributed by atoms with E-state index >= 15 is 0 Å². The molecule has 1 aliphatic carbocycles. The minimum absolute atomic E-state index is 0.121. The van der Waals surface area contributed by atoms with Crippen molar-refractivity contribution in [1.82, 2.24) is 15.5 Å². The summed E-state index contributed by atoms with van der Waals surface area (Å²) < 4.78 is 9.71. The van der Waals surface area contributed by atoms with Crippen molar-refractivity contribution in [2.75, 3.05) is 20.2 Å². The van der Waals surface area contributed by atoms with Gasteiger partial charge in [0.2, 0.25) is 11.8 Å². The van der Waals surface area contributed by atoms with E-state index in [1.165, 1.54) is 12.0 Å². The Hall–Kier alpha value is -3.30. The van der Waals surface area contributed by atoms with Gasteiger partial charge >= 0.3 is 12.1 Å². The number of benzene rings is 1. The van der Waals surface area contributed by atoms with Crippen molar-refractivity contribution in [3.63, 3.8) is 0 Å². The fourth-order valence-corrected chi connectivity index (χ4v) is 3.11. The fraction of sp³-hybridized carbons (Fsp3) is 0.545. The van der Waals surface area contributed by atoms with Gasteiger partial charge < -0.3 is 30.1 Å². The number of alkyl carbamates (subject to hydrolysis) is 1. The number of hydrogen-bond donors (Lipinski definition) is 3. The molecule has 1 unspecified atom stereocenters. The Kier molecular flexibility index (Phi) is 8.07. The van der Waals surface area contributed by atoms with E-state index in [2.05, 4.69) is 15.4 Å². The molecule has 3 N–H and O–H groups in total. The molecule has 32 heavy (non-hydrogen) atoms. The number of rotatable bonds is 8. The SMILES string of the molecule is COC(=O)CNC(=O)C(c1cccc(C)c1O)N(C(=O)CNC(=O)OC(C)(C)C)C1CC1. The zero-order valence-corrected chi connectivity index (χ0v) is 19.1. The highest BCUT2D eigenvalue weighted by atomic mass is 16.6. The van der Waals surface area contributed by atoms with Crippen molar-refractivity contribution in [3.8, 4) is 5.75 Å². The molecule has 0 aromatic heterocycles. The smallest absolute Gasteiger partial charge is 0.408 e. The second-order valence-corrected chi connectivity index (χ2v) is 8.60. The van der Waals surface area contributed by atoms with Crippen molar-refractivity contribution in [1.29, 1.82) is 0 Å². The van der Waals surface area contributed by atoms with E-state index in [1.54, 1.807) is 45.9 Å². The molecule has 2 rings (SSSR count). The van der Waals surface area contributed by atoms with Gasteiger partial charge in [-0.25, -0.2) is 4.79 Å². The lowest BCUT2D eigenvalue weighted by molar-refractivity contribution is -0.144. The number of ether oxygens (including phenoxy) is 2. The first-order valence-electron chi connectivity index (χ1n) is 10.4. The van der Waals surface area contributed by atoms with Crippen LogP contribution in [0.2, 0.25) is 0 Å². The van der Waals surface area contributed by atoms with E-state index in [0.29, 0.717) is 18.4 Å². The third-order valence-electron chi connectivity index (χ3n) is 4.74. The number of phenols is 1. The minimum atomic E-state index is -1.19. The number of methoxy groups -OCH3 is 1. The molecule has 10 heteroatoms. The first-order chi connectivity index (χ1) is 14.9. The van der Waals surface area contributed by atoms with Gasteiger partial charge in [-0.2, -0.15) is 0 Å². The first-order valence-corrected chi connectivity index (χ1v) is 10.4. The molecule has 1 aromatic rings. The van der Waals surface area contributed by atoms with Gasteiger partial charge in [-0.1, -0.05) is 18.2 Å². The van der Waals surface area contributed by atoms with Gasteiger partial charge in [0.1, 0.15) is 30.5 Å². The van der Waals surface area contributed by atoms with E-state index in [4.69, 9.17) is 4.74 Å². The molecule has 1 atom stereocenters. The molecular formula is C22H31N3O7. The largest absolute Gasteiger partial charge is 0.507 e. The molecule has 0 saturated heterocycles. The van der Waals surface area contributed by atoms with Crippen LogP contribution in [-0.4, -0.2) is 65.7 Å². The van der Waals surface area contributed by atoms with Gasteiger partial charge in [-0.3, -0.25) is 14.4 Å². The number of para-hydroxylation sites is 1. The third kappa shape index (κ3) is 6.86. The monoisotopic (exact) mass is 449 g/mol. The van der Waals surface area contributed by atoms with E-state index in [9.17, 15) is 24.3 Å². The minimum Gasteiger partial charge on any atom is -0.507 e. The normalized spacial score (nSPS) is 14.2. The molecule has 176 valence electrons. The number of nitrogens with one attached hydrogen (secondary N) is 2. The molecule has 0 bridgehead atoms. The predicted molar refractivity (Wildman–Crippen MR) is 115 cm³/mol. The number of aromatic hydroxyl groups is 1. The van der Waals surface area contributed by atoms with Crippen LogP contribution in [0.3, 0.4) is 0 Å². The standard InChI is InChI=1S/C22H31N3O7/c1-13-7-6-8-15(19(13)28)18(20(29)23-12-17(27)31-5)25(14-9-10-14)16(26)11-24-21(30)32-22(2,3)4/h6-8,14,18,28H,9-12H2,1-5H3,(H,23,29)(H,24,30). The van der Waals surface area contributed by atoms with Crippen LogP contribution in [-0.2, 0) is 23.9 Å². The molecule has 0 aliphatic heterocycles. The van der Waals surface area contributed by atoms with E-state index in [-0.39, 0.29) is 23.9 Å². The average Bonchev–Trinajstić information content (AvgIpc) is 3.54. The quantitative estimate of drug-likeness (QED) is 0.513. The van der Waals surface area contributed by atoms with Crippen LogP contribution in [0.25, 0.3) is 0 Å². The number of nitrogens with zero attached hydrogens (tertiary/aromatic N) is 1. The van der Waals surface area contributed by atoms with Crippen LogP contribution in [0.1, 0.15) is 50.8 Å². The van der Waals surface area contributed by atoms with Crippen molar-refractivity contribution >= 4 is 23.9 Å². The Morgan fingerprint density at radius 2 is 1.81 bits per heavy atom. The van der Waals surface area contributed by atoms with Crippen molar-refractivity contribution in [3.05, 3.63) is 29.3 Å². The molecule has 0 spiro atoms. The summed E-state index contributed by atoms with van der Waals surface area (Å²) in [5, 5.41) is 15.5. The van der Waals surface area contributed by atoms with Crippen LogP contribution >= 0.6 is 0 Å².